The molecule has 0 fully saturated rings. The summed E-state index contributed by atoms with van der Waals surface area (Å²) in [5, 5.41) is 13.4. The Morgan fingerprint density at radius 2 is 2.17 bits per heavy atom. The van der Waals surface area contributed by atoms with E-state index < -0.39 is 0 Å². The van der Waals surface area contributed by atoms with Crippen molar-refractivity contribution in [2.24, 2.45) is 0 Å². The van der Waals surface area contributed by atoms with Crippen molar-refractivity contribution in [3.8, 4) is 11.8 Å². The lowest BCUT2D eigenvalue weighted by Gasteiger charge is -2.01. The maximum atomic E-state index is 11.2. The van der Waals surface area contributed by atoms with Crippen molar-refractivity contribution in [2.45, 2.75) is 6.42 Å². The van der Waals surface area contributed by atoms with Crippen LogP contribution in [0, 0.1) is 11.3 Å². The van der Waals surface area contributed by atoms with Crippen molar-refractivity contribution in [2.75, 3.05) is 13.7 Å². The van der Waals surface area contributed by atoms with Gasteiger partial charge in [-0.2, -0.15) is 5.26 Å². The van der Waals surface area contributed by atoms with Crippen LogP contribution in [0.2, 0.25) is 0 Å². The average molecular weight is 245 g/mol. The summed E-state index contributed by atoms with van der Waals surface area (Å²) in [6.07, 6.45) is 3.61. The molecule has 18 heavy (non-hydrogen) atoms. The SMILES string of the molecule is COc1ccc(/C=C/NC(=O)NCCC#N)cc1. The molecule has 0 spiro atoms. The quantitative estimate of drug-likeness (QED) is 0.778. The highest BCUT2D eigenvalue weighted by Gasteiger charge is 1.94. The summed E-state index contributed by atoms with van der Waals surface area (Å²) < 4.78 is 5.04. The number of nitriles is 1. The first-order valence-electron chi connectivity index (χ1n) is 5.48. The lowest BCUT2D eigenvalue weighted by molar-refractivity contribution is 0.244. The van der Waals surface area contributed by atoms with Crippen LogP contribution in [0.25, 0.3) is 6.08 Å². The van der Waals surface area contributed by atoms with Crippen LogP contribution in [0.5, 0.6) is 5.75 Å². The topological polar surface area (TPSA) is 74.2 Å². The minimum Gasteiger partial charge on any atom is -0.497 e. The minimum absolute atomic E-state index is 0.301. The smallest absolute Gasteiger partial charge is 0.318 e. The van der Waals surface area contributed by atoms with Gasteiger partial charge in [0.15, 0.2) is 0 Å². The van der Waals surface area contributed by atoms with Gasteiger partial charge in [0.25, 0.3) is 0 Å². The Hall–Kier alpha value is -2.48. The molecule has 94 valence electrons. The predicted octanol–water partition coefficient (Wildman–Crippen LogP) is 1.88. The molecule has 0 saturated heterocycles. The van der Waals surface area contributed by atoms with Crippen molar-refractivity contribution < 1.29 is 9.53 Å². The lowest BCUT2D eigenvalue weighted by atomic mass is 10.2. The third-order valence-corrected chi connectivity index (χ3v) is 2.13. The van der Waals surface area contributed by atoms with Gasteiger partial charge in [0.05, 0.1) is 19.6 Å². The molecule has 5 heteroatoms. The molecule has 0 radical (unpaired) electrons. The molecule has 0 aliphatic heterocycles. The van der Waals surface area contributed by atoms with Crippen LogP contribution >= 0.6 is 0 Å². The molecule has 2 N–H and O–H groups in total. The van der Waals surface area contributed by atoms with Crippen LogP contribution in [0.4, 0.5) is 4.79 Å². The van der Waals surface area contributed by atoms with Gasteiger partial charge in [-0.25, -0.2) is 4.79 Å². The molecular weight excluding hydrogens is 230 g/mol. The molecule has 0 saturated carbocycles. The summed E-state index contributed by atoms with van der Waals surface area (Å²) >= 11 is 0. The van der Waals surface area contributed by atoms with Crippen LogP contribution < -0.4 is 15.4 Å². The van der Waals surface area contributed by atoms with Crippen molar-refractivity contribution in [1.82, 2.24) is 10.6 Å². The molecule has 0 aliphatic rings. The zero-order chi connectivity index (χ0) is 13.2. The number of carbonyl (C=O) groups is 1. The van der Waals surface area contributed by atoms with Gasteiger partial charge in [0.2, 0.25) is 0 Å². The molecule has 0 heterocycles. The molecular formula is C13H15N3O2. The predicted molar refractivity (Wildman–Crippen MR) is 68.8 cm³/mol. The van der Waals surface area contributed by atoms with Gasteiger partial charge in [-0.3, -0.25) is 0 Å². The normalized spacial score (nSPS) is 9.78. The van der Waals surface area contributed by atoms with E-state index in [9.17, 15) is 4.79 Å². The van der Waals surface area contributed by atoms with E-state index in [-0.39, 0.29) is 6.03 Å². The molecule has 0 aromatic heterocycles. The second-order valence-corrected chi connectivity index (χ2v) is 3.41. The fraction of sp³-hybridized carbons (Fsp3) is 0.231. The minimum atomic E-state index is -0.324. The largest absolute Gasteiger partial charge is 0.497 e. The van der Waals surface area contributed by atoms with E-state index in [1.807, 2.05) is 30.3 Å². The monoisotopic (exact) mass is 245 g/mol. The Morgan fingerprint density at radius 1 is 1.44 bits per heavy atom. The number of benzene rings is 1. The van der Waals surface area contributed by atoms with Crippen molar-refractivity contribution >= 4 is 12.1 Å². The van der Waals surface area contributed by atoms with Crippen LogP contribution in [0.1, 0.15) is 12.0 Å². The van der Waals surface area contributed by atoms with E-state index in [0.717, 1.165) is 11.3 Å². The first-order chi connectivity index (χ1) is 8.76. The Bertz CT molecular complexity index is 446. The van der Waals surface area contributed by atoms with Crippen LogP contribution in [0.15, 0.2) is 30.5 Å². The lowest BCUT2D eigenvalue weighted by Crippen LogP contribution is -2.32. The maximum Gasteiger partial charge on any atom is 0.318 e. The van der Waals surface area contributed by atoms with Crippen LogP contribution in [0.3, 0.4) is 0 Å². The number of rotatable bonds is 5. The van der Waals surface area contributed by atoms with Gasteiger partial charge in [0, 0.05) is 12.7 Å². The first-order valence-corrected chi connectivity index (χ1v) is 5.48. The summed E-state index contributed by atoms with van der Waals surface area (Å²) in [6, 6.07) is 9.06. The zero-order valence-electron chi connectivity index (χ0n) is 10.1. The summed E-state index contributed by atoms with van der Waals surface area (Å²) in [7, 11) is 1.61. The second-order valence-electron chi connectivity index (χ2n) is 3.41. The Morgan fingerprint density at radius 3 is 2.78 bits per heavy atom. The van der Waals surface area contributed by atoms with Gasteiger partial charge in [-0.1, -0.05) is 12.1 Å². The number of ether oxygens (including phenoxy) is 1. The number of hydrogen-bond donors (Lipinski definition) is 2. The number of methoxy groups -OCH3 is 1. The van der Waals surface area contributed by atoms with Gasteiger partial charge in [0.1, 0.15) is 5.75 Å². The highest BCUT2D eigenvalue weighted by Crippen LogP contribution is 2.11. The molecule has 5 nitrogen and oxygen atoms in total. The summed E-state index contributed by atoms with van der Waals surface area (Å²) in [5.74, 6) is 0.786. The van der Waals surface area contributed by atoms with Crippen molar-refractivity contribution in [1.29, 1.82) is 5.26 Å². The van der Waals surface area contributed by atoms with Gasteiger partial charge in [-0.05, 0) is 23.8 Å². The van der Waals surface area contributed by atoms with E-state index in [1.54, 1.807) is 19.4 Å². The standard InChI is InChI=1S/C13H15N3O2/c1-18-12-5-3-11(4-6-12)7-10-16-13(17)15-9-2-8-14/h3-7,10H,2,9H2,1H3,(H2,15,16,17)/b10-7+. The summed E-state index contributed by atoms with van der Waals surface area (Å²) in [4.78, 5) is 11.2. The summed E-state index contributed by atoms with van der Waals surface area (Å²) in [5.41, 5.74) is 0.952. The average Bonchev–Trinajstić information content (AvgIpc) is 2.40. The highest BCUT2D eigenvalue weighted by molar-refractivity contribution is 5.75. The molecule has 1 aromatic carbocycles. The Kier molecular flexibility index (Phi) is 5.84. The van der Waals surface area contributed by atoms with E-state index in [4.69, 9.17) is 10.00 Å². The Balaban J connectivity index is 2.35. The molecule has 0 bridgehead atoms. The number of hydrogen-bond acceptors (Lipinski definition) is 3. The summed E-state index contributed by atoms with van der Waals surface area (Å²) in [6.45, 7) is 0.346. The number of nitrogens with zero attached hydrogens (tertiary/aromatic N) is 1. The Labute approximate surface area is 106 Å². The molecule has 2 amide bonds. The van der Waals surface area contributed by atoms with Crippen molar-refractivity contribution in [3.05, 3.63) is 36.0 Å². The third-order valence-electron chi connectivity index (χ3n) is 2.13. The third kappa shape index (κ3) is 5.03. The van der Waals surface area contributed by atoms with Gasteiger partial charge >= 0.3 is 6.03 Å². The molecule has 1 rings (SSSR count). The highest BCUT2D eigenvalue weighted by atomic mass is 16.5. The van der Waals surface area contributed by atoms with E-state index in [1.165, 1.54) is 0 Å². The van der Waals surface area contributed by atoms with Crippen LogP contribution in [-0.4, -0.2) is 19.7 Å². The first kappa shape index (κ1) is 13.6. The molecule has 1 aromatic rings. The van der Waals surface area contributed by atoms with Gasteiger partial charge in [-0.15, -0.1) is 0 Å². The van der Waals surface area contributed by atoms with E-state index in [2.05, 4.69) is 10.6 Å². The molecule has 0 atom stereocenters. The fourth-order valence-electron chi connectivity index (χ4n) is 1.21. The second kappa shape index (κ2) is 7.74. The van der Waals surface area contributed by atoms with E-state index in [0.29, 0.717) is 13.0 Å². The van der Waals surface area contributed by atoms with Crippen LogP contribution in [-0.2, 0) is 0 Å². The number of urea groups is 1. The zero-order valence-corrected chi connectivity index (χ0v) is 10.1. The number of amides is 2. The maximum absolute atomic E-state index is 11.2. The molecule has 0 unspecified atom stereocenters. The fourth-order valence-corrected chi connectivity index (χ4v) is 1.21. The number of nitrogens with one attached hydrogen (secondary N) is 2. The molecule has 0 aliphatic carbocycles. The number of carbonyl (C=O) groups excluding carboxylic acids is 1. The van der Waals surface area contributed by atoms with Crippen molar-refractivity contribution in [3.63, 3.8) is 0 Å². The van der Waals surface area contributed by atoms with Gasteiger partial charge < -0.3 is 15.4 Å². The van der Waals surface area contributed by atoms with E-state index >= 15 is 0 Å².